The van der Waals surface area contributed by atoms with E-state index in [0.717, 1.165) is 16.7 Å². The molecule has 0 unspecified atom stereocenters. The fourth-order valence-corrected chi connectivity index (χ4v) is 2.00. The van der Waals surface area contributed by atoms with Crippen LogP contribution in [-0.4, -0.2) is 5.11 Å². The lowest BCUT2D eigenvalue weighted by Crippen LogP contribution is -1.95. The zero-order valence-electron chi connectivity index (χ0n) is 9.37. The number of hydrogen-bond acceptors (Lipinski definition) is 1. The van der Waals surface area contributed by atoms with Gasteiger partial charge in [-0.2, -0.15) is 0 Å². The molecule has 2 aromatic carbocycles. The van der Waals surface area contributed by atoms with E-state index in [1.165, 1.54) is 6.07 Å². The molecule has 1 N–H and O–H groups in total. The van der Waals surface area contributed by atoms with Crippen LogP contribution in [0.5, 0.6) is 0 Å². The maximum atomic E-state index is 13.7. The second kappa shape index (κ2) is 4.86. The zero-order valence-corrected chi connectivity index (χ0v) is 10.1. The highest BCUT2D eigenvalue weighted by atomic mass is 35.5. The monoisotopic (exact) mass is 250 g/mol. The highest BCUT2D eigenvalue weighted by Gasteiger charge is 2.08. The number of halogens is 2. The number of hydrogen-bond donors (Lipinski definition) is 1. The molecular formula is C14H12ClFO. The lowest BCUT2D eigenvalue weighted by molar-refractivity contribution is 0.275. The summed E-state index contributed by atoms with van der Waals surface area (Å²) >= 11 is 5.90. The third kappa shape index (κ3) is 2.48. The van der Waals surface area contributed by atoms with Crippen molar-refractivity contribution < 1.29 is 9.50 Å². The summed E-state index contributed by atoms with van der Waals surface area (Å²) in [6, 6.07) is 10.5. The molecule has 0 atom stereocenters. The Kier molecular flexibility index (Phi) is 3.46. The van der Waals surface area contributed by atoms with Gasteiger partial charge in [0.2, 0.25) is 0 Å². The molecular weight excluding hydrogens is 239 g/mol. The quantitative estimate of drug-likeness (QED) is 0.856. The summed E-state index contributed by atoms with van der Waals surface area (Å²) in [5.41, 5.74) is 2.71. The van der Waals surface area contributed by atoms with Crippen molar-refractivity contribution in [2.24, 2.45) is 0 Å². The van der Waals surface area contributed by atoms with Gasteiger partial charge >= 0.3 is 0 Å². The number of aliphatic hydroxyl groups excluding tert-OH is 1. The van der Waals surface area contributed by atoms with Gasteiger partial charge in [0.15, 0.2) is 0 Å². The van der Waals surface area contributed by atoms with Crippen LogP contribution in [-0.2, 0) is 6.61 Å². The van der Waals surface area contributed by atoms with Crippen molar-refractivity contribution in [3.63, 3.8) is 0 Å². The van der Waals surface area contributed by atoms with Crippen molar-refractivity contribution in [3.8, 4) is 11.1 Å². The summed E-state index contributed by atoms with van der Waals surface area (Å²) in [4.78, 5) is 0. The maximum absolute atomic E-state index is 13.7. The van der Waals surface area contributed by atoms with Crippen LogP contribution < -0.4 is 0 Å². The lowest BCUT2D eigenvalue weighted by Gasteiger charge is -2.08. The summed E-state index contributed by atoms with van der Waals surface area (Å²) in [7, 11) is 0. The normalized spacial score (nSPS) is 10.6. The maximum Gasteiger partial charge on any atom is 0.129 e. The average Bonchev–Trinajstić information content (AvgIpc) is 2.28. The first-order valence-corrected chi connectivity index (χ1v) is 5.65. The van der Waals surface area contributed by atoms with Gasteiger partial charge in [-0.3, -0.25) is 0 Å². The highest BCUT2D eigenvalue weighted by molar-refractivity contribution is 6.30. The molecule has 88 valence electrons. The van der Waals surface area contributed by atoms with E-state index in [1.807, 2.05) is 18.2 Å². The molecule has 0 saturated carbocycles. The average molecular weight is 251 g/mol. The van der Waals surface area contributed by atoms with Crippen LogP contribution in [0.4, 0.5) is 4.39 Å². The number of rotatable bonds is 2. The highest BCUT2D eigenvalue weighted by Crippen LogP contribution is 2.26. The minimum absolute atomic E-state index is 0.284. The molecule has 2 rings (SSSR count). The molecule has 0 aliphatic carbocycles. The standard InChI is InChI=1S/C14H12ClFO/c1-9-5-11(7-14(16)13(9)8-17)10-3-2-4-12(15)6-10/h2-7,17H,8H2,1H3. The third-order valence-corrected chi connectivity index (χ3v) is 2.97. The van der Waals surface area contributed by atoms with Gasteiger partial charge in [0.05, 0.1) is 6.61 Å². The van der Waals surface area contributed by atoms with E-state index in [-0.39, 0.29) is 12.4 Å². The van der Waals surface area contributed by atoms with Gasteiger partial charge in [0, 0.05) is 10.6 Å². The molecule has 1 nitrogen and oxygen atoms in total. The van der Waals surface area contributed by atoms with Crippen LogP contribution in [0.15, 0.2) is 36.4 Å². The minimum atomic E-state index is -0.387. The van der Waals surface area contributed by atoms with E-state index in [0.29, 0.717) is 10.6 Å². The largest absolute Gasteiger partial charge is 0.392 e. The van der Waals surface area contributed by atoms with Crippen LogP contribution in [0.2, 0.25) is 5.02 Å². The molecule has 0 saturated heterocycles. The Morgan fingerprint density at radius 2 is 1.94 bits per heavy atom. The van der Waals surface area contributed by atoms with Gasteiger partial charge in [-0.1, -0.05) is 29.8 Å². The Morgan fingerprint density at radius 1 is 1.18 bits per heavy atom. The van der Waals surface area contributed by atoms with Crippen LogP contribution in [0, 0.1) is 12.7 Å². The molecule has 2 aromatic rings. The number of benzene rings is 2. The van der Waals surface area contributed by atoms with Gasteiger partial charge in [0.25, 0.3) is 0 Å². The van der Waals surface area contributed by atoms with Gasteiger partial charge in [-0.15, -0.1) is 0 Å². The molecule has 17 heavy (non-hydrogen) atoms. The van der Waals surface area contributed by atoms with Gasteiger partial charge in [-0.05, 0) is 41.8 Å². The second-order valence-corrected chi connectivity index (χ2v) is 4.36. The SMILES string of the molecule is Cc1cc(-c2cccc(Cl)c2)cc(F)c1CO. The summed E-state index contributed by atoms with van der Waals surface area (Å²) < 4.78 is 13.7. The van der Waals surface area contributed by atoms with E-state index >= 15 is 0 Å². The Balaban J connectivity index is 2.54. The van der Waals surface area contributed by atoms with Crippen molar-refractivity contribution in [1.29, 1.82) is 0 Å². The topological polar surface area (TPSA) is 20.2 Å². The summed E-state index contributed by atoms with van der Waals surface area (Å²) in [5.74, 6) is -0.387. The first kappa shape index (κ1) is 12.1. The lowest BCUT2D eigenvalue weighted by atomic mass is 9.99. The number of aryl methyl sites for hydroxylation is 1. The van der Waals surface area contributed by atoms with E-state index in [2.05, 4.69) is 0 Å². The Hall–Kier alpha value is -1.38. The molecule has 0 aliphatic rings. The molecule has 3 heteroatoms. The fraction of sp³-hybridized carbons (Fsp3) is 0.143. The second-order valence-electron chi connectivity index (χ2n) is 3.92. The van der Waals surface area contributed by atoms with Gasteiger partial charge in [-0.25, -0.2) is 4.39 Å². The Bertz CT molecular complexity index is 529. The fourth-order valence-electron chi connectivity index (χ4n) is 1.81. The van der Waals surface area contributed by atoms with Crippen LogP contribution in [0.1, 0.15) is 11.1 Å². The molecule has 0 bridgehead atoms. The smallest absolute Gasteiger partial charge is 0.129 e. The number of aliphatic hydroxyl groups is 1. The summed E-state index contributed by atoms with van der Waals surface area (Å²) in [5, 5.41) is 9.66. The first-order valence-electron chi connectivity index (χ1n) is 5.27. The molecule has 0 aliphatic heterocycles. The van der Waals surface area contributed by atoms with Crippen molar-refractivity contribution in [2.75, 3.05) is 0 Å². The predicted molar refractivity (Wildman–Crippen MR) is 67.5 cm³/mol. The first-order chi connectivity index (χ1) is 8.11. The van der Waals surface area contributed by atoms with Crippen LogP contribution in [0.25, 0.3) is 11.1 Å². The van der Waals surface area contributed by atoms with Crippen molar-refractivity contribution in [3.05, 3.63) is 58.4 Å². The molecule has 0 aromatic heterocycles. The van der Waals surface area contributed by atoms with Crippen molar-refractivity contribution in [1.82, 2.24) is 0 Å². The molecule has 0 amide bonds. The zero-order chi connectivity index (χ0) is 12.4. The summed E-state index contributed by atoms with van der Waals surface area (Å²) in [6.07, 6.45) is 0. The third-order valence-electron chi connectivity index (χ3n) is 2.73. The van der Waals surface area contributed by atoms with Crippen LogP contribution in [0.3, 0.4) is 0 Å². The Labute approximate surface area is 104 Å². The van der Waals surface area contributed by atoms with E-state index in [4.69, 9.17) is 16.7 Å². The molecule has 0 spiro atoms. The Morgan fingerprint density at radius 3 is 2.53 bits per heavy atom. The molecule has 0 radical (unpaired) electrons. The molecule has 0 heterocycles. The van der Waals surface area contributed by atoms with E-state index in [9.17, 15) is 4.39 Å². The van der Waals surface area contributed by atoms with E-state index in [1.54, 1.807) is 19.1 Å². The predicted octanol–water partition coefficient (Wildman–Crippen LogP) is 3.95. The molecule has 0 fully saturated rings. The van der Waals surface area contributed by atoms with Crippen LogP contribution >= 0.6 is 11.6 Å². The van der Waals surface area contributed by atoms with Crippen molar-refractivity contribution in [2.45, 2.75) is 13.5 Å². The van der Waals surface area contributed by atoms with Gasteiger partial charge in [0.1, 0.15) is 5.82 Å². The minimum Gasteiger partial charge on any atom is -0.392 e. The van der Waals surface area contributed by atoms with Gasteiger partial charge < -0.3 is 5.11 Å². The van der Waals surface area contributed by atoms with Crippen molar-refractivity contribution >= 4 is 11.6 Å². The summed E-state index contributed by atoms with van der Waals surface area (Å²) in [6.45, 7) is 1.50. The van der Waals surface area contributed by atoms with E-state index < -0.39 is 0 Å².